The van der Waals surface area contributed by atoms with Crippen molar-refractivity contribution in [2.24, 2.45) is 0 Å². The van der Waals surface area contributed by atoms with Crippen LogP contribution in [0.15, 0.2) is 24.3 Å². The minimum absolute atomic E-state index is 0.183. The quantitative estimate of drug-likeness (QED) is 0.592. The van der Waals surface area contributed by atoms with E-state index in [1.807, 2.05) is 0 Å². The minimum atomic E-state index is -1.48. The van der Waals surface area contributed by atoms with Gasteiger partial charge in [0.1, 0.15) is 6.10 Å². The number of ether oxygens (including phenoxy) is 1. The van der Waals surface area contributed by atoms with Crippen LogP contribution in [0.3, 0.4) is 0 Å². The molecule has 1 aromatic carbocycles. The number of benzene rings is 1. The standard InChI is InChI=1S/C13H15NO4/c1-18-12(16)7-6-9-4-2-3-5-10(9)13(17)11(15)8-14/h2-5,11,13,15,17H,6-7H2,1H3. The molecule has 5 nitrogen and oxygen atoms in total. The van der Waals surface area contributed by atoms with Crippen LogP contribution in [-0.4, -0.2) is 29.4 Å². The molecule has 1 aromatic rings. The van der Waals surface area contributed by atoms with Crippen LogP contribution in [-0.2, 0) is 16.0 Å². The van der Waals surface area contributed by atoms with Gasteiger partial charge in [0, 0.05) is 6.42 Å². The largest absolute Gasteiger partial charge is 0.469 e. The molecule has 5 heteroatoms. The Morgan fingerprint density at radius 3 is 2.72 bits per heavy atom. The second-order valence-electron chi connectivity index (χ2n) is 3.79. The van der Waals surface area contributed by atoms with E-state index in [2.05, 4.69) is 4.74 Å². The molecule has 0 aliphatic rings. The molecule has 0 saturated heterocycles. The van der Waals surface area contributed by atoms with E-state index in [4.69, 9.17) is 5.26 Å². The van der Waals surface area contributed by atoms with Gasteiger partial charge in [0.25, 0.3) is 0 Å². The fourth-order valence-electron chi connectivity index (χ4n) is 1.63. The number of nitrogens with zero attached hydrogens (tertiary/aromatic N) is 1. The average molecular weight is 249 g/mol. The zero-order valence-corrected chi connectivity index (χ0v) is 10.0. The maximum Gasteiger partial charge on any atom is 0.305 e. The van der Waals surface area contributed by atoms with Gasteiger partial charge in [-0.15, -0.1) is 0 Å². The Labute approximate surface area is 105 Å². The molecule has 1 rings (SSSR count). The Hall–Kier alpha value is -1.90. The Kier molecular flexibility index (Phi) is 5.31. The zero-order chi connectivity index (χ0) is 13.5. The van der Waals surface area contributed by atoms with Crippen LogP contribution in [0.5, 0.6) is 0 Å². The third kappa shape index (κ3) is 3.55. The van der Waals surface area contributed by atoms with E-state index in [0.717, 1.165) is 0 Å². The summed E-state index contributed by atoms with van der Waals surface area (Å²) in [6.45, 7) is 0. The highest BCUT2D eigenvalue weighted by Gasteiger charge is 2.20. The fourth-order valence-corrected chi connectivity index (χ4v) is 1.63. The smallest absolute Gasteiger partial charge is 0.305 e. The summed E-state index contributed by atoms with van der Waals surface area (Å²) < 4.78 is 4.54. The molecule has 0 bridgehead atoms. The van der Waals surface area contributed by atoms with Crippen molar-refractivity contribution < 1.29 is 19.7 Å². The number of aryl methyl sites for hydroxylation is 1. The Morgan fingerprint density at radius 2 is 2.11 bits per heavy atom. The number of hydrogen-bond donors (Lipinski definition) is 2. The fraction of sp³-hybridized carbons (Fsp3) is 0.385. The maximum atomic E-state index is 11.1. The summed E-state index contributed by atoms with van der Waals surface area (Å²) in [5, 5.41) is 27.7. The van der Waals surface area contributed by atoms with Crippen molar-refractivity contribution in [2.45, 2.75) is 25.0 Å². The molecule has 2 atom stereocenters. The predicted octanol–water partition coefficient (Wildman–Crippen LogP) is 0.710. The summed E-state index contributed by atoms with van der Waals surface area (Å²) in [5.41, 5.74) is 1.17. The van der Waals surface area contributed by atoms with Gasteiger partial charge in [-0.2, -0.15) is 5.26 Å². The molecule has 2 unspecified atom stereocenters. The molecule has 18 heavy (non-hydrogen) atoms. The number of esters is 1. The molecule has 0 aliphatic carbocycles. The maximum absolute atomic E-state index is 11.1. The van der Waals surface area contributed by atoms with Gasteiger partial charge in [-0.25, -0.2) is 0 Å². The van der Waals surface area contributed by atoms with Crippen molar-refractivity contribution in [2.75, 3.05) is 7.11 Å². The lowest BCUT2D eigenvalue weighted by Crippen LogP contribution is -2.17. The molecule has 0 aliphatic heterocycles. The van der Waals surface area contributed by atoms with E-state index < -0.39 is 12.2 Å². The van der Waals surface area contributed by atoms with E-state index >= 15 is 0 Å². The number of methoxy groups -OCH3 is 1. The summed E-state index contributed by atoms with van der Waals surface area (Å²) in [4.78, 5) is 11.1. The highest BCUT2D eigenvalue weighted by molar-refractivity contribution is 5.69. The molecule has 96 valence electrons. The molecule has 0 heterocycles. The average Bonchev–Trinajstić information content (AvgIpc) is 2.43. The first-order chi connectivity index (χ1) is 8.60. The Bertz CT molecular complexity index is 453. The normalized spacial score (nSPS) is 13.4. The summed E-state index contributed by atoms with van der Waals surface area (Å²) in [6, 6.07) is 8.41. The van der Waals surface area contributed by atoms with Crippen LogP contribution in [0.1, 0.15) is 23.7 Å². The first-order valence-electron chi connectivity index (χ1n) is 5.50. The monoisotopic (exact) mass is 249 g/mol. The number of aliphatic hydroxyl groups excluding tert-OH is 2. The Balaban J connectivity index is 2.86. The summed E-state index contributed by atoms with van der Waals surface area (Å²) >= 11 is 0. The van der Waals surface area contributed by atoms with Crippen LogP contribution in [0.25, 0.3) is 0 Å². The molecule has 0 aromatic heterocycles. The third-order valence-electron chi connectivity index (χ3n) is 2.63. The molecular formula is C13H15NO4. The molecule has 2 N–H and O–H groups in total. The second-order valence-corrected chi connectivity index (χ2v) is 3.79. The van der Waals surface area contributed by atoms with Crippen molar-refractivity contribution >= 4 is 5.97 Å². The molecule has 0 spiro atoms. The minimum Gasteiger partial charge on any atom is -0.469 e. The van der Waals surface area contributed by atoms with E-state index in [1.54, 1.807) is 30.3 Å². The van der Waals surface area contributed by atoms with Crippen LogP contribution < -0.4 is 0 Å². The van der Waals surface area contributed by atoms with E-state index in [9.17, 15) is 15.0 Å². The summed E-state index contributed by atoms with van der Waals surface area (Å²) in [5.74, 6) is -0.347. The van der Waals surface area contributed by atoms with Crippen molar-refractivity contribution in [3.63, 3.8) is 0 Å². The SMILES string of the molecule is COC(=O)CCc1ccccc1C(O)C(O)C#N. The number of carbonyl (C=O) groups is 1. The molecule has 0 amide bonds. The molecule has 0 saturated carbocycles. The second kappa shape index (κ2) is 6.74. The topological polar surface area (TPSA) is 90.6 Å². The van der Waals surface area contributed by atoms with Gasteiger partial charge >= 0.3 is 5.97 Å². The number of carbonyl (C=O) groups excluding carboxylic acids is 1. The number of hydrogen-bond acceptors (Lipinski definition) is 5. The lowest BCUT2D eigenvalue weighted by Gasteiger charge is -2.16. The van der Waals surface area contributed by atoms with Crippen LogP contribution >= 0.6 is 0 Å². The van der Waals surface area contributed by atoms with Gasteiger partial charge in [0.2, 0.25) is 0 Å². The zero-order valence-electron chi connectivity index (χ0n) is 10.0. The van der Waals surface area contributed by atoms with Crippen molar-refractivity contribution in [3.05, 3.63) is 35.4 Å². The lowest BCUT2D eigenvalue weighted by molar-refractivity contribution is -0.140. The van der Waals surface area contributed by atoms with Gasteiger partial charge in [-0.3, -0.25) is 4.79 Å². The van der Waals surface area contributed by atoms with Crippen LogP contribution in [0.2, 0.25) is 0 Å². The van der Waals surface area contributed by atoms with Gasteiger partial charge in [-0.1, -0.05) is 24.3 Å². The molecule has 0 radical (unpaired) electrons. The number of aliphatic hydroxyl groups is 2. The number of rotatable bonds is 5. The van der Waals surface area contributed by atoms with Gasteiger partial charge in [-0.05, 0) is 17.5 Å². The lowest BCUT2D eigenvalue weighted by atomic mass is 9.96. The summed E-state index contributed by atoms with van der Waals surface area (Å²) in [6.07, 6.45) is -2.19. The van der Waals surface area contributed by atoms with Gasteiger partial charge in [0.15, 0.2) is 6.10 Å². The van der Waals surface area contributed by atoms with Crippen LogP contribution in [0, 0.1) is 11.3 Å². The molecule has 0 fully saturated rings. The van der Waals surface area contributed by atoms with Crippen molar-refractivity contribution in [1.82, 2.24) is 0 Å². The van der Waals surface area contributed by atoms with Gasteiger partial charge in [0.05, 0.1) is 13.2 Å². The first-order valence-corrected chi connectivity index (χ1v) is 5.50. The summed E-state index contributed by atoms with van der Waals surface area (Å²) in [7, 11) is 1.31. The van der Waals surface area contributed by atoms with E-state index in [-0.39, 0.29) is 12.4 Å². The predicted molar refractivity (Wildman–Crippen MR) is 63.4 cm³/mol. The number of nitriles is 1. The van der Waals surface area contributed by atoms with Crippen LogP contribution in [0.4, 0.5) is 0 Å². The van der Waals surface area contributed by atoms with Crippen molar-refractivity contribution in [3.8, 4) is 6.07 Å². The Morgan fingerprint density at radius 1 is 1.44 bits per heavy atom. The van der Waals surface area contributed by atoms with E-state index in [0.29, 0.717) is 17.5 Å². The highest BCUT2D eigenvalue weighted by atomic mass is 16.5. The van der Waals surface area contributed by atoms with Gasteiger partial charge < -0.3 is 14.9 Å². The van der Waals surface area contributed by atoms with E-state index in [1.165, 1.54) is 7.11 Å². The first kappa shape index (κ1) is 14.2. The molecular weight excluding hydrogens is 234 g/mol. The van der Waals surface area contributed by atoms with Crippen molar-refractivity contribution in [1.29, 1.82) is 5.26 Å². The highest BCUT2D eigenvalue weighted by Crippen LogP contribution is 2.22. The third-order valence-corrected chi connectivity index (χ3v) is 2.63.